The number of carbonyl (C=O) groups is 3. The minimum atomic E-state index is -1.11. The van der Waals surface area contributed by atoms with E-state index >= 15 is 0 Å². The van der Waals surface area contributed by atoms with Gasteiger partial charge in [-0.05, 0) is 18.6 Å². The van der Waals surface area contributed by atoms with E-state index in [0.29, 0.717) is 6.42 Å². The number of aromatic carboxylic acids is 1. The fourth-order valence-corrected chi connectivity index (χ4v) is 2.18. The van der Waals surface area contributed by atoms with Crippen molar-refractivity contribution in [2.45, 2.75) is 18.8 Å². The average molecular weight is 274 g/mol. The fourth-order valence-electron chi connectivity index (χ4n) is 2.18. The van der Waals surface area contributed by atoms with Crippen LogP contribution in [0.4, 0.5) is 0 Å². The predicted octanol–water partition coefficient (Wildman–Crippen LogP) is -0.0523. The van der Waals surface area contributed by atoms with Crippen molar-refractivity contribution in [1.82, 2.24) is 19.9 Å². The van der Waals surface area contributed by atoms with Crippen molar-refractivity contribution in [2.24, 2.45) is 0 Å². The number of nitrogens with zero attached hydrogens (tertiary/aromatic N) is 3. The molecule has 2 aromatic heterocycles. The number of imide groups is 1. The average Bonchev–Trinajstić information content (AvgIpc) is 2.81. The first-order valence-electron chi connectivity index (χ1n) is 5.98. The zero-order valence-electron chi connectivity index (χ0n) is 10.2. The van der Waals surface area contributed by atoms with E-state index in [2.05, 4.69) is 15.4 Å². The molecule has 0 saturated carbocycles. The topological polar surface area (TPSA) is 114 Å². The number of aromatic nitrogens is 3. The largest absolute Gasteiger partial charge is 0.478 e. The van der Waals surface area contributed by atoms with E-state index in [4.69, 9.17) is 5.11 Å². The third-order valence-electron chi connectivity index (χ3n) is 3.16. The minimum absolute atomic E-state index is 0.0125. The van der Waals surface area contributed by atoms with Gasteiger partial charge in [0.15, 0.2) is 11.5 Å². The predicted molar refractivity (Wildman–Crippen MR) is 65.1 cm³/mol. The van der Waals surface area contributed by atoms with Crippen molar-refractivity contribution in [1.29, 1.82) is 0 Å². The smallest absolute Gasteiger partial charge is 0.339 e. The van der Waals surface area contributed by atoms with Crippen molar-refractivity contribution in [2.75, 3.05) is 0 Å². The summed E-state index contributed by atoms with van der Waals surface area (Å²) in [7, 11) is 0. The van der Waals surface area contributed by atoms with Gasteiger partial charge in [-0.2, -0.15) is 5.10 Å². The van der Waals surface area contributed by atoms with Crippen LogP contribution in [0.2, 0.25) is 0 Å². The Morgan fingerprint density at radius 1 is 1.45 bits per heavy atom. The summed E-state index contributed by atoms with van der Waals surface area (Å²) in [6.45, 7) is 0. The lowest BCUT2D eigenvalue weighted by atomic mass is 9.98. The lowest BCUT2D eigenvalue weighted by molar-refractivity contribution is -0.134. The minimum Gasteiger partial charge on any atom is -0.478 e. The van der Waals surface area contributed by atoms with E-state index in [1.165, 1.54) is 10.6 Å². The van der Waals surface area contributed by atoms with Gasteiger partial charge in [0.25, 0.3) is 0 Å². The Balaban J connectivity index is 2.05. The van der Waals surface area contributed by atoms with Crippen LogP contribution in [-0.4, -0.2) is 37.5 Å². The summed E-state index contributed by atoms with van der Waals surface area (Å²) in [4.78, 5) is 38.1. The molecule has 0 bridgehead atoms. The molecule has 2 aromatic rings. The molecule has 1 unspecified atom stereocenters. The molecule has 0 radical (unpaired) electrons. The zero-order chi connectivity index (χ0) is 14.3. The molecule has 8 nitrogen and oxygen atoms in total. The third kappa shape index (κ3) is 1.91. The third-order valence-corrected chi connectivity index (χ3v) is 3.16. The summed E-state index contributed by atoms with van der Waals surface area (Å²) in [5.41, 5.74) is 0.193. The SMILES string of the molecule is O=C1CCC(c2nc3c(C(=O)O)cccn3n2)C(=O)N1. The number of carbonyl (C=O) groups excluding carboxylic acids is 2. The molecule has 102 valence electrons. The second-order valence-electron chi connectivity index (χ2n) is 4.47. The molecule has 0 aliphatic carbocycles. The molecule has 1 aliphatic rings. The van der Waals surface area contributed by atoms with Crippen molar-refractivity contribution in [3.63, 3.8) is 0 Å². The van der Waals surface area contributed by atoms with Crippen LogP contribution in [0.25, 0.3) is 5.65 Å². The summed E-state index contributed by atoms with van der Waals surface area (Å²) in [6, 6.07) is 2.96. The maximum absolute atomic E-state index is 11.8. The van der Waals surface area contributed by atoms with Gasteiger partial charge in [0.05, 0.1) is 0 Å². The zero-order valence-corrected chi connectivity index (χ0v) is 10.2. The van der Waals surface area contributed by atoms with Gasteiger partial charge >= 0.3 is 5.97 Å². The van der Waals surface area contributed by atoms with Crippen LogP contribution in [0.15, 0.2) is 18.3 Å². The van der Waals surface area contributed by atoms with E-state index < -0.39 is 17.8 Å². The van der Waals surface area contributed by atoms with Crippen LogP contribution in [-0.2, 0) is 9.59 Å². The molecule has 20 heavy (non-hydrogen) atoms. The Morgan fingerprint density at radius 3 is 2.95 bits per heavy atom. The molecule has 3 heterocycles. The molecule has 2 N–H and O–H groups in total. The quantitative estimate of drug-likeness (QED) is 0.742. The Bertz CT molecular complexity index is 736. The summed E-state index contributed by atoms with van der Waals surface area (Å²) in [5.74, 6) is -2.29. The molecule has 0 aromatic carbocycles. The number of nitrogens with one attached hydrogen (secondary N) is 1. The van der Waals surface area contributed by atoms with Crippen LogP contribution in [0.1, 0.15) is 34.9 Å². The first-order valence-corrected chi connectivity index (χ1v) is 5.98. The van der Waals surface area contributed by atoms with Gasteiger partial charge < -0.3 is 5.11 Å². The van der Waals surface area contributed by atoms with E-state index in [-0.39, 0.29) is 29.4 Å². The number of rotatable bonds is 2. The second kappa shape index (κ2) is 4.41. The Hall–Kier alpha value is -2.77. The number of hydrogen-bond acceptors (Lipinski definition) is 5. The summed E-state index contributed by atoms with van der Waals surface area (Å²) < 4.78 is 1.32. The standard InChI is InChI=1S/C12H10N4O4/c17-8-4-3-6(11(18)13-8)9-14-10-7(12(19)20)2-1-5-16(10)15-9/h1-2,5-6H,3-4H2,(H,19,20)(H,13,17,18). The van der Waals surface area contributed by atoms with E-state index in [9.17, 15) is 14.4 Å². The molecule has 1 saturated heterocycles. The molecule has 2 amide bonds. The normalized spacial score (nSPS) is 19.1. The van der Waals surface area contributed by atoms with Crippen molar-refractivity contribution < 1.29 is 19.5 Å². The van der Waals surface area contributed by atoms with Crippen molar-refractivity contribution in [3.05, 3.63) is 29.7 Å². The Kier molecular flexibility index (Phi) is 2.70. The fraction of sp³-hybridized carbons (Fsp3) is 0.250. The first kappa shape index (κ1) is 12.3. The monoisotopic (exact) mass is 274 g/mol. The number of hydrogen-bond donors (Lipinski definition) is 2. The summed E-state index contributed by atoms with van der Waals surface area (Å²) >= 11 is 0. The van der Waals surface area contributed by atoms with Gasteiger partial charge in [0.2, 0.25) is 11.8 Å². The summed E-state index contributed by atoms with van der Waals surface area (Å²) in [5, 5.41) is 15.4. The lowest BCUT2D eigenvalue weighted by Gasteiger charge is -2.17. The number of carboxylic acids is 1. The lowest BCUT2D eigenvalue weighted by Crippen LogP contribution is -2.39. The van der Waals surface area contributed by atoms with Gasteiger partial charge in [0, 0.05) is 12.6 Å². The molecular weight excluding hydrogens is 264 g/mol. The van der Waals surface area contributed by atoms with Crippen LogP contribution < -0.4 is 5.32 Å². The molecule has 0 spiro atoms. The van der Waals surface area contributed by atoms with Crippen LogP contribution in [0, 0.1) is 0 Å². The van der Waals surface area contributed by atoms with Gasteiger partial charge in [-0.15, -0.1) is 0 Å². The molecule has 1 fully saturated rings. The number of carboxylic acid groups (broad SMARTS) is 1. The molecule has 8 heteroatoms. The summed E-state index contributed by atoms with van der Waals surface area (Å²) in [6.07, 6.45) is 2.10. The van der Waals surface area contributed by atoms with Crippen molar-refractivity contribution >= 4 is 23.4 Å². The maximum Gasteiger partial charge on any atom is 0.339 e. The number of amides is 2. The molecule has 1 aliphatic heterocycles. The van der Waals surface area contributed by atoms with Gasteiger partial charge in [-0.25, -0.2) is 14.3 Å². The highest BCUT2D eigenvalue weighted by Crippen LogP contribution is 2.23. The first-order chi connectivity index (χ1) is 9.56. The highest BCUT2D eigenvalue weighted by molar-refractivity contribution is 6.00. The second-order valence-corrected chi connectivity index (χ2v) is 4.47. The van der Waals surface area contributed by atoms with E-state index in [1.807, 2.05) is 0 Å². The van der Waals surface area contributed by atoms with Crippen LogP contribution in [0.3, 0.4) is 0 Å². The highest BCUT2D eigenvalue weighted by atomic mass is 16.4. The molecule has 3 rings (SSSR count). The Labute approximate surface area is 112 Å². The van der Waals surface area contributed by atoms with Crippen molar-refractivity contribution in [3.8, 4) is 0 Å². The van der Waals surface area contributed by atoms with Gasteiger partial charge in [-0.3, -0.25) is 14.9 Å². The van der Waals surface area contributed by atoms with Gasteiger partial charge in [0.1, 0.15) is 11.5 Å². The molecular formula is C12H10N4O4. The Morgan fingerprint density at radius 2 is 2.25 bits per heavy atom. The number of piperidine rings is 1. The number of fused-ring (bicyclic) bond motifs is 1. The van der Waals surface area contributed by atoms with Gasteiger partial charge in [-0.1, -0.05) is 0 Å². The van der Waals surface area contributed by atoms with E-state index in [0.717, 1.165) is 0 Å². The highest BCUT2D eigenvalue weighted by Gasteiger charge is 2.31. The van der Waals surface area contributed by atoms with Crippen LogP contribution >= 0.6 is 0 Å². The van der Waals surface area contributed by atoms with E-state index in [1.54, 1.807) is 12.3 Å². The maximum atomic E-state index is 11.8. The van der Waals surface area contributed by atoms with Crippen LogP contribution in [0.5, 0.6) is 0 Å². The molecule has 1 atom stereocenters. The number of pyridine rings is 1.